The number of carboxylic acids is 1. The van der Waals surface area contributed by atoms with E-state index in [1.165, 1.54) is 0 Å². The van der Waals surface area contributed by atoms with Crippen LogP contribution in [0.25, 0.3) is 10.2 Å². The molecule has 0 radical (unpaired) electrons. The van der Waals surface area contributed by atoms with Gasteiger partial charge >= 0.3 is 5.97 Å². The summed E-state index contributed by atoms with van der Waals surface area (Å²) in [6.45, 7) is 3.82. The molecule has 0 spiro atoms. The Balaban J connectivity index is 1.86. The van der Waals surface area contributed by atoms with E-state index in [1.54, 1.807) is 11.3 Å². The minimum absolute atomic E-state index is 0.0381. The fourth-order valence-corrected chi connectivity index (χ4v) is 3.80. The summed E-state index contributed by atoms with van der Waals surface area (Å²) in [7, 11) is 0. The Labute approximate surface area is 146 Å². The zero-order valence-electron chi connectivity index (χ0n) is 14.2. The van der Waals surface area contributed by atoms with Gasteiger partial charge in [0.2, 0.25) is 5.91 Å². The largest absolute Gasteiger partial charge is 0.481 e. The number of carbonyl (C=O) groups is 2. The van der Waals surface area contributed by atoms with Gasteiger partial charge in [0.1, 0.15) is 0 Å². The number of nitrogens with one attached hydrogen (secondary N) is 1. The molecule has 0 saturated heterocycles. The number of para-hydroxylation sites is 1. The smallest absolute Gasteiger partial charge is 0.305 e. The molecule has 0 aliphatic heterocycles. The number of aryl methyl sites for hydroxylation is 1. The topological polar surface area (TPSA) is 79.3 Å². The van der Waals surface area contributed by atoms with Crippen molar-refractivity contribution >= 4 is 33.4 Å². The van der Waals surface area contributed by atoms with E-state index in [1.807, 2.05) is 38.1 Å². The van der Waals surface area contributed by atoms with Crippen LogP contribution in [0.5, 0.6) is 0 Å². The van der Waals surface area contributed by atoms with Crippen molar-refractivity contribution in [2.75, 3.05) is 0 Å². The zero-order valence-corrected chi connectivity index (χ0v) is 15.0. The summed E-state index contributed by atoms with van der Waals surface area (Å²) in [6, 6.07) is 8.00. The average molecular weight is 348 g/mol. The first-order valence-corrected chi connectivity index (χ1v) is 9.17. The lowest BCUT2D eigenvalue weighted by Gasteiger charge is -2.31. The van der Waals surface area contributed by atoms with E-state index in [9.17, 15) is 9.59 Å². The molecule has 0 fully saturated rings. The van der Waals surface area contributed by atoms with Crippen molar-refractivity contribution in [1.29, 1.82) is 0 Å². The molecule has 2 aromatic rings. The van der Waals surface area contributed by atoms with Crippen LogP contribution in [0.2, 0.25) is 0 Å². The Morgan fingerprint density at radius 2 is 1.96 bits per heavy atom. The van der Waals surface area contributed by atoms with Crippen LogP contribution in [0.3, 0.4) is 0 Å². The quantitative estimate of drug-likeness (QED) is 0.723. The molecule has 2 N–H and O–H groups in total. The highest BCUT2D eigenvalue weighted by atomic mass is 32.1. The maximum absolute atomic E-state index is 12.2. The fourth-order valence-electron chi connectivity index (χ4n) is 2.80. The molecule has 5 nitrogen and oxygen atoms in total. The summed E-state index contributed by atoms with van der Waals surface area (Å²) in [6.07, 6.45) is 3.04. The van der Waals surface area contributed by atoms with Crippen molar-refractivity contribution in [1.82, 2.24) is 10.3 Å². The fraction of sp³-hybridized carbons (Fsp3) is 0.500. The standard InChI is InChI=1S/C18H24N2O3S/c1-3-18(4-2,12-17(22)23)20-15(21)10-7-11-16-19-13-8-5-6-9-14(13)24-16/h5-6,8-9H,3-4,7,10-12H2,1-2H3,(H,20,21)(H,22,23). The average Bonchev–Trinajstić information content (AvgIpc) is 2.96. The highest BCUT2D eigenvalue weighted by Gasteiger charge is 2.30. The molecule has 1 aromatic carbocycles. The number of hydrogen-bond acceptors (Lipinski definition) is 4. The number of hydrogen-bond donors (Lipinski definition) is 2. The summed E-state index contributed by atoms with van der Waals surface area (Å²) >= 11 is 1.66. The van der Waals surface area contributed by atoms with Gasteiger partial charge in [-0.05, 0) is 37.8 Å². The highest BCUT2D eigenvalue weighted by molar-refractivity contribution is 7.18. The molecule has 1 heterocycles. The first-order chi connectivity index (χ1) is 11.5. The molecule has 24 heavy (non-hydrogen) atoms. The Hall–Kier alpha value is -1.95. The van der Waals surface area contributed by atoms with Gasteiger partial charge in [0.25, 0.3) is 0 Å². The van der Waals surface area contributed by atoms with E-state index in [4.69, 9.17) is 5.11 Å². The van der Waals surface area contributed by atoms with Crippen molar-refractivity contribution in [3.05, 3.63) is 29.3 Å². The van der Waals surface area contributed by atoms with E-state index in [2.05, 4.69) is 10.3 Å². The first-order valence-electron chi connectivity index (χ1n) is 8.35. The van der Waals surface area contributed by atoms with Crippen LogP contribution in [0, 0.1) is 0 Å². The SMILES string of the molecule is CCC(CC)(CC(=O)O)NC(=O)CCCc1nc2ccccc2s1. The minimum Gasteiger partial charge on any atom is -0.481 e. The van der Waals surface area contributed by atoms with Crippen molar-refractivity contribution < 1.29 is 14.7 Å². The molecule has 0 aliphatic carbocycles. The first kappa shape index (κ1) is 18.4. The monoisotopic (exact) mass is 348 g/mol. The van der Waals surface area contributed by atoms with Gasteiger partial charge in [-0.3, -0.25) is 9.59 Å². The predicted molar refractivity (Wildman–Crippen MR) is 96.3 cm³/mol. The number of aromatic nitrogens is 1. The van der Waals surface area contributed by atoms with Crippen molar-refractivity contribution in [2.45, 2.75) is 57.9 Å². The van der Waals surface area contributed by atoms with E-state index in [-0.39, 0.29) is 12.3 Å². The van der Waals surface area contributed by atoms with Crippen LogP contribution in [0.15, 0.2) is 24.3 Å². The van der Waals surface area contributed by atoms with Crippen LogP contribution in [-0.2, 0) is 16.0 Å². The summed E-state index contributed by atoms with van der Waals surface area (Å²) in [5.74, 6) is -0.963. The highest BCUT2D eigenvalue weighted by Crippen LogP contribution is 2.23. The third-order valence-electron chi connectivity index (χ3n) is 4.38. The van der Waals surface area contributed by atoms with Gasteiger partial charge in [0, 0.05) is 12.0 Å². The number of benzene rings is 1. The Morgan fingerprint density at radius 3 is 2.58 bits per heavy atom. The molecular formula is C18H24N2O3S. The second-order valence-corrected chi connectivity index (χ2v) is 7.15. The molecule has 0 bridgehead atoms. The van der Waals surface area contributed by atoms with E-state index in [0.29, 0.717) is 25.7 Å². The predicted octanol–water partition coefficient (Wildman–Crippen LogP) is 3.77. The van der Waals surface area contributed by atoms with Crippen LogP contribution >= 0.6 is 11.3 Å². The molecular weight excluding hydrogens is 324 g/mol. The summed E-state index contributed by atoms with van der Waals surface area (Å²) < 4.78 is 1.16. The molecule has 1 amide bonds. The van der Waals surface area contributed by atoms with Crippen molar-refractivity contribution in [3.63, 3.8) is 0 Å². The molecule has 1 aromatic heterocycles. The maximum Gasteiger partial charge on any atom is 0.305 e. The maximum atomic E-state index is 12.2. The Kier molecular flexibility index (Phi) is 6.31. The molecule has 0 saturated carbocycles. The van der Waals surface area contributed by atoms with Crippen LogP contribution in [-0.4, -0.2) is 27.5 Å². The molecule has 6 heteroatoms. The van der Waals surface area contributed by atoms with E-state index >= 15 is 0 Å². The summed E-state index contributed by atoms with van der Waals surface area (Å²) in [4.78, 5) is 27.8. The normalized spacial score (nSPS) is 11.6. The third-order valence-corrected chi connectivity index (χ3v) is 5.48. The summed E-state index contributed by atoms with van der Waals surface area (Å²) in [5, 5.41) is 13.0. The van der Waals surface area contributed by atoms with Gasteiger partial charge in [-0.2, -0.15) is 0 Å². The number of carboxylic acid groups (broad SMARTS) is 1. The molecule has 0 atom stereocenters. The lowest BCUT2D eigenvalue weighted by molar-refractivity contribution is -0.139. The number of fused-ring (bicyclic) bond motifs is 1. The number of thiazole rings is 1. The number of rotatable bonds is 9. The number of amides is 1. The Bertz CT molecular complexity index is 674. The van der Waals surface area contributed by atoms with Crippen LogP contribution < -0.4 is 5.32 Å². The number of carbonyl (C=O) groups excluding carboxylic acids is 1. The van der Waals surface area contributed by atoms with Gasteiger partial charge < -0.3 is 10.4 Å². The van der Waals surface area contributed by atoms with Crippen LogP contribution in [0.1, 0.15) is 51.0 Å². The van der Waals surface area contributed by atoms with Gasteiger partial charge in [0.15, 0.2) is 0 Å². The van der Waals surface area contributed by atoms with Gasteiger partial charge in [-0.25, -0.2) is 4.98 Å². The van der Waals surface area contributed by atoms with Crippen molar-refractivity contribution in [2.24, 2.45) is 0 Å². The lowest BCUT2D eigenvalue weighted by Crippen LogP contribution is -2.49. The summed E-state index contributed by atoms with van der Waals surface area (Å²) in [5.41, 5.74) is 0.359. The molecule has 130 valence electrons. The third kappa shape index (κ3) is 4.77. The van der Waals surface area contributed by atoms with Gasteiger partial charge in [-0.15, -0.1) is 11.3 Å². The van der Waals surface area contributed by atoms with E-state index in [0.717, 1.165) is 21.6 Å². The molecule has 0 unspecified atom stereocenters. The number of nitrogens with zero attached hydrogens (tertiary/aromatic N) is 1. The molecule has 2 rings (SSSR count). The van der Waals surface area contributed by atoms with Crippen molar-refractivity contribution in [3.8, 4) is 0 Å². The number of aliphatic carboxylic acids is 1. The van der Waals surface area contributed by atoms with E-state index < -0.39 is 11.5 Å². The molecule has 0 aliphatic rings. The second kappa shape index (κ2) is 8.24. The zero-order chi connectivity index (χ0) is 17.6. The minimum atomic E-state index is -0.881. The second-order valence-electron chi connectivity index (χ2n) is 6.04. The van der Waals surface area contributed by atoms with Gasteiger partial charge in [-0.1, -0.05) is 26.0 Å². The van der Waals surface area contributed by atoms with Crippen LogP contribution in [0.4, 0.5) is 0 Å². The Morgan fingerprint density at radius 1 is 1.25 bits per heavy atom. The van der Waals surface area contributed by atoms with Gasteiger partial charge in [0.05, 0.1) is 21.6 Å². The lowest BCUT2D eigenvalue weighted by atomic mass is 9.88.